The number of amides is 2. The van der Waals surface area contributed by atoms with Gasteiger partial charge in [-0.3, -0.25) is 9.78 Å². The summed E-state index contributed by atoms with van der Waals surface area (Å²) in [6, 6.07) is 9.74. The molecule has 1 aliphatic rings. The fourth-order valence-electron chi connectivity index (χ4n) is 4.78. The summed E-state index contributed by atoms with van der Waals surface area (Å²) in [5.74, 6) is -2.85. The van der Waals surface area contributed by atoms with E-state index in [1.54, 1.807) is 6.92 Å². The van der Waals surface area contributed by atoms with Crippen LogP contribution in [0.15, 0.2) is 60.9 Å². The molecule has 1 saturated heterocycles. The summed E-state index contributed by atoms with van der Waals surface area (Å²) >= 11 is 0. The molecule has 12 heteroatoms. The van der Waals surface area contributed by atoms with Crippen LogP contribution in [0, 0.1) is 17.5 Å². The molecule has 5 N–H and O–H groups in total. The van der Waals surface area contributed by atoms with Crippen LogP contribution in [-0.2, 0) is 20.7 Å². The Hall–Kier alpha value is -4.00. The van der Waals surface area contributed by atoms with Crippen LogP contribution in [0.4, 0.5) is 23.7 Å². The molecule has 3 aromatic rings. The number of benzene rings is 2. The fraction of sp³-hybridized carbons (Fsp3) is 0.367. The van der Waals surface area contributed by atoms with E-state index in [1.807, 2.05) is 0 Å². The van der Waals surface area contributed by atoms with E-state index in [-0.39, 0.29) is 36.4 Å². The molecule has 4 rings (SSSR count). The Kier molecular flexibility index (Phi) is 10.9. The first kappa shape index (κ1) is 30.9. The molecule has 0 saturated carbocycles. The zero-order valence-corrected chi connectivity index (χ0v) is 23.1. The second kappa shape index (κ2) is 14.8. The summed E-state index contributed by atoms with van der Waals surface area (Å²) in [6.07, 6.45) is 2.38. The molecule has 0 radical (unpaired) electrons. The first-order chi connectivity index (χ1) is 20.2. The topological polar surface area (TPSA) is 128 Å². The number of aromatic nitrogens is 1. The van der Waals surface area contributed by atoms with Crippen molar-refractivity contribution in [2.45, 2.75) is 43.9 Å². The molecule has 2 amide bonds. The highest BCUT2D eigenvalue weighted by atomic mass is 19.1. The molecule has 224 valence electrons. The van der Waals surface area contributed by atoms with Gasteiger partial charge in [-0.1, -0.05) is 24.3 Å². The van der Waals surface area contributed by atoms with Crippen molar-refractivity contribution < 1.29 is 32.2 Å². The lowest BCUT2D eigenvalue weighted by atomic mass is 9.85. The third-order valence-corrected chi connectivity index (χ3v) is 7.00. The van der Waals surface area contributed by atoms with Crippen LogP contribution in [0.3, 0.4) is 0 Å². The number of morpholine rings is 1. The number of ether oxygens (including phenoxy) is 2. The number of carbonyl (C=O) groups excluding carboxylic acids is 2. The highest BCUT2D eigenvalue weighted by molar-refractivity contribution is 5.96. The van der Waals surface area contributed by atoms with Gasteiger partial charge in [0.25, 0.3) is 0 Å². The first-order valence-electron chi connectivity index (χ1n) is 13.7. The molecule has 0 spiro atoms. The van der Waals surface area contributed by atoms with E-state index in [1.165, 1.54) is 54.7 Å². The minimum absolute atomic E-state index is 0.158. The maximum atomic E-state index is 14.9. The number of carbonyl (C=O) groups is 2. The first-order valence-corrected chi connectivity index (χ1v) is 13.7. The van der Waals surface area contributed by atoms with Gasteiger partial charge in [0.15, 0.2) is 0 Å². The van der Waals surface area contributed by atoms with Gasteiger partial charge in [-0.15, -0.1) is 0 Å². The predicted octanol–water partition coefficient (Wildman–Crippen LogP) is 3.63. The smallest absolute Gasteiger partial charge is 0.407 e. The lowest BCUT2D eigenvalue weighted by Gasteiger charge is -2.30. The number of hydrogen-bond acceptors (Lipinski definition) is 7. The maximum Gasteiger partial charge on any atom is 0.407 e. The number of anilines is 1. The van der Waals surface area contributed by atoms with Crippen molar-refractivity contribution in [2.75, 3.05) is 31.6 Å². The van der Waals surface area contributed by atoms with Gasteiger partial charge < -0.3 is 31.2 Å². The van der Waals surface area contributed by atoms with Crippen molar-refractivity contribution in [3.05, 3.63) is 95.1 Å². The quantitative estimate of drug-likeness (QED) is 0.271. The van der Waals surface area contributed by atoms with Gasteiger partial charge in [0.05, 0.1) is 42.9 Å². The number of nitrogens with one attached hydrogen (secondary N) is 3. The molecule has 2 heterocycles. The number of rotatable bonds is 11. The van der Waals surface area contributed by atoms with Gasteiger partial charge in [0.2, 0.25) is 5.91 Å². The zero-order valence-electron chi connectivity index (χ0n) is 23.1. The van der Waals surface area contributed by atoms with Crippen LogP contribution >= 0.6 is 0 Å². The van der Waals surface area contributed by atoms with E-state index in [0.717, 1.165) is 6.20 Å². The summed E-state index contributed by atoms with van der Waals surface area (Å²) in [5, 5.41) is 8.52. The van der Waals surface area contributed by atoms with Crippen molar-refractivity contribution in [2.24, 2.45) is 5.73 Å². The second-order valence-electron chi connectivity index (χ2n) is 9.97. The summed E-state index contributed by atoms with van der Waals surface area (Å²) in [7, 11) is 0. The van der Waals surface area contributed by atoms with Crippen molar-refractivity contribution >= 4 is 17.7 Å². The van der Waals surface area contributed by atoms with E-state index < -0.39 is 41.4 Å². The molecule has 1 fully saturated rings. The Morgan fingerprint density at radius 3 is 2.29 bits per heavy atom. The molecular formula is C30H34F3N5O4. The largest absolute Gasteiger partial charge is 0.448 e. The van der Waals surface area contributed by atoms with E-state index in [2.05, 4.69) is 20.9 Å². The molecule has 1 aliphatic heterocycles. The van der Waals surface area contributed by atoms with Gasteiger partial charge in [-0.25, -0.2) is 18.0 Å². The Balaban J connectivity index is 1.41. The number of nitrogens with zero attached hydrogens (tertiary/aromatic N) is 1. The molecule has 42 heavy (non-hydrogen) atoms. The molecule has 0 aliphatic carbocycles. The number of halogens is 3. The standard InChI is InChI=1S/C30H34F3N5O4/c1-2-36-30(40)42-17-22-16-41-23(13-37-22)11-12-24-25(33)14-35-15-26(24)38-29(39)28(34)27(18-3-7-20(31)8-4-18)19-5-9-21(32)10-6-19/h3-10,14-15,22-23,27-28,37H,2,11-13,16-17,34H2,1H3,(H,36,40)(H,38,39)/t22-,23+,28-/m0/s1. The minimum Gasteiger partial charge on any atom is -0.448 e. The third-order valence-electron chi connectivity index (χ3n) is 7.00. The van der Waals surface area contributed by atoms with Crippen molar-refractivity contribution in [3.8, 4) is 0 Å². The third kappa shape index (κ3) is 8.28. The summed E-state index contributed by atoms with van der Waals surface area (Å²) in [4.78, 5) is 28.8. The van der Waals surface area contributed by atoms with Crippen LogP contribution in [0.25, 0.3) is 0 Å². The zero-order chi connectivity index (χ0) is 30.1. The van der Waals surface area contributed by atoms with Gasteiger partial charge in [0, 0.05) is 24.6 Å². The Morgan fingerprint density at radius 1 is 1.07 bits per heavy atom. The Bertz CT molecular complexity index is 1290. The molecule has 9 nitrogen and oxygen atoms in total. The lowest BCUT2D eigenvalue weighted by Crippen LogP contribution is -2.49. The summed E-state index contributed by atoms with van der Waals surface area (Å²) in [5.41, 5.74) is 7.95. The number of pyridine rings is 1. The SMILES string of the molecule is CCNC(=O)OC[C@@H]1CO[C@H](CCc2c(F)cncc2NC(=O)[C@@H](N)C(c2ccc(F)cc2)c2ccc(F)cc2)CN1. The molecule has 0 bridgehead atoms. The Morgan fingerprint density at radius 2 is 1.71 bits per heavy atom. The maximum absolute atomic E-state index is 14.9. The number of nitrogens with two attached hydrogens (primary N) is 1. The van der Waals surface area contributed by atoms with Crippen LogP contribution in [0.2, 0.25) is 0 Å². The van der Waals surface area contributed by atoms with Gasteiger partial charge >= 0.3 is 6.09 Å². The average molecular weight is 586 g/mol. The molecule has 2 aromatic carbocycles. The van der Waals surface area contributed by atoms with Gasteiger partial charge in [-0.05, 0) is 55.2 Å². The predicted molar refractivity (Wildman–Crippen MR) is 150 cm³/mol. The fourth-order valence-corrected chi connectivity index (χ4v) is 4.78. The van der Waals surface area contributed by atoms with Gasteiger partial charge in [-0.2, -0.15) is 0 Å². The average Bonchev–Trinajstić information content (AvgIpc) is 2.98. The van der Waals surface area contributed by atoms with E-state index in [9.17, 15) is 22.8 Å². The van der Waals surface area contributed by atoms with Crippen molar-refractivity contribution in [1.29, 1.82) is 0 Å². The molecule has 1 aromatic heterocycles. The number of hydrogen-bond donors (Lipinski definition) is 4. The highest BCUT2D eigenvalue weighted by Gasteiger charge is 2.29. The van der Waals surface area contributed by atoms with Crippen LogP contribution < -0.4 is 21.7 Å². The van der Waals surface area contributed by atoms with Crippen molar-refractivity contribution in [1.82, 2.24) is 15.6 Å². The highest BCUT2D eigenvalue weighted by Crippen LogP contribution is 2.29. The minimum atomic E-state index is -1.18. The monoisotopic (exact) mass is 585 g/mol. The van der Waals surface area contributed by atoms with E-state index in [0.29, 0.717) is 37.2 Å². The molecule has 0 unspecified atom stereocenters. The van der Waals surface area contributed by atoms with E-state index >= 15 is 0 Å². The lowest BCUT2D eigenvalue weighted by molar-refractivity contribution is -0.117. The molecular weight excluding hydrogens is 551 g/mol. The van der Waals surface area contributed by atoms with Crippen LogP contribution in [0.5, 0.6) is 0 Å². The van der Waals surface area contributed by atoms with E-state index in [4.69, 9.17) is 15.2 Å². The van der Waals surface area contributed by atoms with Crippen LogP contribution in [-0.4, -0.2) is 61.5 Å². The summed E-state index contributed by atoms with van der Waals surface area (Å²) < 4.78 is 53.1. The normalized spacial score (nSPS) is 17.5. The number of alkyl carbamates (subject to hydrolysis) is 1. The Labute approximate surface area is 242 Å². The summed E-state index contributed by atoms with van der Waals surface area (Å²) in [6.45, 7) is 3.21. The van der Waals surface area contributed by atoms with Crippen molar-refractivity contribution in [3.63, 3.8) is 0 Å². The second-order valence-corrected chi connectivity index (χ2v) is 9.97. The van der Waals surface area contributed by atoms with Crippen LogP contribution in [0.1, 0.15) is 36.0 Å². The van der Waals surface area contributed by atoms with Gasteiger partial charge in [0.1, 0.15) is 24.1 Å². The molecule has 3 atom stereocenters.